The van der Waals surface area contributed by atoms with Crippen molar-refractivity contribution in [2.75, 3.05) is 13.6 Å². The molecule has 0 saturated carbocycles. The largest absolute Gasteiger partial charge is 0.478 e. The summed E-state index contributed by atoms with van der Waals surface area (Å²) in [5, 5.41) is 8.96. The zero-order valence-corrected chi connectivity index (χ0v) is 12.3. The molecule has 0 saturated heterocycles. The number of unbranched alkanes of at least 4 members (excludes halogenated alkanes) is 1. The normalized spacial score (nSPS) is 11.8. The number of carboxylic acids is 1. The minimum Gasteiger partial charge on any atom is -0.478 e. The number of carboxylic acid groups (broad SMARTS) is 1. The van der Waals surface area contributed by atoms with E-state index in [2.05, 4.69) is 0 Å². The van der Waals surface area contributed by atoms with Gasteiger partial charge in [0.2, 0.25) is 10.0 Å². The molecule has 0 fully saturated rings. The van der Waals surface area contributed by atoms with E-state index in [0.717, 1.165) is 18.9 Å². The third kappa shape index (κ3) is 3.68. The van der Waals surface area contributed by atoms with Gasteiger partial charge in [-0.15, -0.1) is 0 Å². The molecule has 0 bridgehead atoms. The summed E-state index contributed by atoms with van der Waals surface area (Å²) in [6, 6.07) is 3.68. The number of halogens is 1. The lowest BCUT2D eigenvalue weighted by Crippen LogP contribution is -2.28. The van der Waals surface area contributed by atoms with Crippen molar-refractivity contribution in [3.63, 3.8) is 0 Å². The molecule has 0 unspecified atom stereocenters. The second kappa shape index (κ2) is 6.36. The third-order valence-corrected chi connectivity index (χ3v) is 4.89. The standard InChI is InChI=1S/C12H16ClNO4S/c1-3-4-7-14(2)19(17,18)9-5-6-11(13)10(8-9)12(15)16/h5-6,8H,3-4,7H2,1-2H3,(H,15,16). The number of hydrogen-bond acceptors (Lipinski definition) is 3. The molecule has 0 amide bonds. The average molecular weight is 306 g/mol. The Kier molecular flexibility index (Phi) is 5.34. The highest BCUT2D eigenvalue weighted by atomic mass is 35.5. The molecular formula is C12H16ClNO4S. The van der Waals surface area contributed by atoms with E-state index < -0.39 is 16.0 Å². The first-order chi connectivity index (χ1) is 8.80. The zero-order valence-electron chi connectivity index (χ0n) is 10.8. The summed E-state index contributed by atoms with van der Waals surface area (Å²) < 4.78 is 25.6. The van der Waals surface area contributed by atoms with Crippen LogP contribution in [0.25, 0.3) is 0 Å². The summed E-state index contributed by atoms with van der Waals surface area (Å²) in [6.07, 6.45) is 1.62. The van der Waals surface area contributed by atoms with Crippen LogP contribution in [0.15, 0.2) is 23.1 Å². The van der Waals surface area contributed by atoms with Gasteiger partial charge in [0, 0.05) is 13.6 Å². The second-order valence-electron chi connectivity index (χ2n) is 4.13. The molecule has 0 atom stereocenters. The van der Waals surface area contributed by atoms with Crippen LogP contribution < -0.4 is 0 Å². The molecule has 19 heavy (non-hydrogen) atoms. The van der Waals surface area contributed by atoms with Crippen molar-refractivity contribution in [2.45, 2.75) is 24.7 Å². The van der Waals surface area contributed by atoms with Gasteiger partial charge in [0.15, 0.2) is 0 Å². The monoisotopic (exact) mass is 305 g/mol. The first-order valence-corrected chi connectivity index (χ1v) is 7.61. The Morgan fingerprint density at radius 1 is 1.42 bits per heavy atom. The zero-order chi connectivity index (χ0) is 14.6. The topological polar surface area (TPSA) is 74.7 Å². The Balaban J connectivity index is 3.15. The van der Waals surface area contributed by atoms with Crippen molar-refractivity contribution in [3.8, 4) is 0 Å². The molecule has 1 aromatic carbocycles. The fraction of sp³-hybridized carbons (Fsp3) is 0.417. The van der Waals surface area contributed by atoms with Crippen molar-refractivity contribution < 1.29 is 18.3 Å². The number of hydrogen-bond donors (Lipinski definition) is 1. The maximum Gasteiger partial charge on any atom is 0.337 e. The summed E-state index contributed by atoms with van der Waals surface area (Å²) in [7, 11) is -2.20. The van der Waals surface area contributed by atoms with Gasteiger partial charge in [-0.1, -0.05) is 24.9 Å². The van der Waals surface area contributed by atoms with Gasteiger partial charge in [-0.05, 0) is 24.6 Å². The van der Waals surface area contributed by atoms with E-state index >= 15 is 0 Å². The molecule has 7 heteroatoms. The maximum absolute atomic E-state index is 12.2. The van der Waals surface area contributed by atoms with Gasteiger partial charge in [-0.25, -0.2) is 17.5 Å². The predicted octanol–water partition coefficient (Wildman–Crippen LogP) is 2.46. The molecule has 106 valence electrons. The maximum atomic E-state index is 12.2. The van der Waals surface area contributed by atoms with Gasteiger partial charge in [-0.3, -0.25) is 0 Å². The smallest absolute Gasteiger partial charge is 0.337 e. The van der Waals surface area contributed by atoms with Crippen LogP contribution in [-0.2, 0) is 10.0 Å². The van der Waals surface area contributed by atoms with Crippen molar-refractivity contribution >= 4 is 27.6 Å². The molecule has 1 N–H and O–H groups in total. The Morgan fingerprint density at radius 3 is 2.58 bits per heavy atom. The molecule has 0 radical (unpaired) electrons. The summed E-state index contributed by atoms with van der Waals surface area (Å²) in [5.74, 6) is -1.25. The van der Waals surface area contributed by atoms with Crippen LogP contribution in [0.3, 0.4) is 0 Å². The van der Waals surface area contributed by atoms with E-state index in [0.29, 0.717) is 6.54 Å². The Labute approximate surface area is 117 Å². The fourth-order valence-electron chi connectivity index (χ4n) is 1.51. The second-order valence-corrected chi connectivity index (χ2v) is 6.58. The van der Waals surface area contributed by atoms with E-state index in [4.69, 9.17) is 16.7 Å². The molecular weight excluding hydrogens is 290 g/mol. The molecule has 1 rings (SSSR count). The summed E-state index contributed by atoms with van der Waals surface area (Å²) in [5.41, 5.74) is -0.216. The first kappa shape index (κ1) is 15.9. The van der Waals surface area contributed by atoms with Crippen LogP contribution in [0.1, 0.15) is 30.1 Å². The average Bonchev–Trinajstić information content (AvgIpc) is 2.35. The minimum absolute atomic E-state index is 0.0164. The lowest BCUT2D eigenvalue weighted by Gasteiger charge is -2.17. The van der Waals surface area contributed by atoms with Gasteiger partial charge >= 0.3 is 5.97 Å². The number of sulfonamides is 1. The van der Waals surface area contributed by atoms with Gasteiger partial charge < -0.3 is 5.11 Å². The Hall–Kier alpha value is -1.11. The molecule has 0 aliphatic heterocycles. The lowest BCUT2D eigenvalue weighted by molar-refractivity contribution is 0.0697. The molecule has 0 aromatic heterocycles. The van der Waals surface area contributed by atoms with E-state index in [1.807, 2.05) is 6.92 Å². The first-order valence-electron chi connectivity index (χ1n) is 5.80. The SMILES string of the molecule is CCCCN(C)S(=O)(=O)c1ccc(Cl)c(C(=O)O)c1. The van der Waals surface area contributed by atoms with Gasteiger partial charge in [0.1, 0.15) is 0 Å². The van der Waals surface area contributed by atoms with E-state index in [1.54, 1.807) is 0 Å². The number of nitrogens with zero attached hydrogens (tertiary/aromatic N) is 1. The fourth-order valence-corrected chi connectivity index (χ4v) is 2.94. The Morgan fingerprint density at radius 2 is 2.05 bits per heavy atom. The molecule has 0 heterocycles. The molecule has 0 aliphatic rings. The van der Waals surface area contributed by atoms with Crippen LogP contribution in [0.5, 0.6) is 0 Å². The highest BCUT2D eigenvalue weighted by molar-refractivity contribution is 7.89. The molecule has 0 aliphatic carbocycles. The summed E-state index contributed by atoms with van der Waals surface area (Å²) in [4.78, 5) is 10.9. The third-order valence-electron chi connectivity index (χ3n) is 2.70. The van der Waals surface area contributed by atoms with E-state index in [-0.39, 0.29) is 15.5 Å². The van der Waals surface area contributed by atoms with E-state index in [9.17, 15) is 13.2 Å². The van der Waals surface area contributed by atoms with Gasteiger partial charge in [0.05, 0.1) is 15.5 Å². The lowest BCUT2D eigenvalue weighted by atomic mass is 10.2. The molecule has 1 aromatic rings. The highest BCUT2D eigenvalue weighted by Gasteiger charge is 2.22. The van der Waals surface area contributed by atoms with Crippen molar-refractivity contribution in [2.24, 2.45) is 0 Å². The van der Waals surface area contributed by atoms with Gasteiger partial charge in [0.25, 0.3) is 0 Å². The van der Waals surface area contributed by atoms with Crippen LogP contribution in [-0.4, -0.2) is 37.4 Å². The van der Waals surface area contributed by atoms with Crippen LogP contribution in [0.4, 0.5) is 0 Å². The molecule has 0 spiro atoms. The Bertz CT molecular complexity index is 571. The van der Waals surface area contributed by atoms with Crippen LogP contribution in [0.2, 0.25) is 5.02 Å². The predicted molar refractivity (Wildman–Crippen MR) is 73.1 cm³/mol. The quantitative estimate of drug-likeness (QED) is 0.876. The summed E-state index contributed by atoms with van der Waals surface area (Å²) >= 11 is 5.72. The van der Waals surface area contributed by atoms with Crippen LogP contribution >= 0.6 is 11.6 Å². The number of carbonyl (C=O) groups is 1. The molecule has 5 nitrogen and oxygen atoms in total. The minimum atomic E-state index is -3.67. The number of aromatic carboxylic acids is 1. The van der Waals surface area contributed by atoms with Crippen molar-refractivity contribution in [1.82, 2.24) is 4.31 Å². The van der Waals surface area contributed by atoms with Crippen LogP contribution in [0, 0.1) is 0 Å². The highest BCUT2D eigenvalue weighted by Crippen LogP contribution is 2.22. The van der Waals surface area contributed by atoms with E-state index in [1.165, 1.54) is 23.5 Å². The summed E-state index contributed by atoms with van der Waals surface area (Å²) in [6.45, 7) is 2.36. The number of benzene rings is 1. The van der Waals surface area contributed by atoms with Crippen molar-refractivity contribution in [3.05, 3.63) is 28.8 Å². The van der Waals surface area contributed by atoms with Crippen molar-refractivity contribution in [1.29, 1.82) is 0 Å². The van der Waals surface area contributed by atoms with Gasteiger partial charge in [-0.2, -0.15) is 0 Å². The number of rotatable bonds is 6.